The molecule has 17 nitrogen and oxygen atoms in total. The maximum atomic E-state index is 12.4. The Hall–Kier alpha value is -4.28. The number of hydrogen-bond donors (Lipinski definition) is 1. The van der Waals surface area contributed by atoms with Crippen LogP contribution in [0.25, 0.3) is 0 Å². The van der Waals surface area contributed by atoms with Crippen LogP contribution in [0.2, 0.25) is 0 Å². The Kier molecular flexibility index (Phi) is 20.4. The maximum Gasteiger partial charge on any atom is 0.347 e. The van der Waals surface area contributed by atoms with Crippen LogP contribution >= 0.6 is 0 Å². The first-order valence-electron chi connectivity index (χ1n) is 31.9. The minimum absolute atomic E-state index is 0.0828. The van der Waals surface area contributed by atoms with Crippen molar-refractivity contribution in [3.63, 3.8) is 0 Å². The number of carbonyl (C=O) groups is 8. The zero-order valence-electron chi connectivity index (χ0n) is 53.0. The van der Waals surface area contributed by atoms with Gasteiger partial charge in [-0.2, -0.15) is 0 Å². The largest absolute Gasteiger partial charge is 0.463 e. The van der Waals surface area contributed by atoms with Crippen LogP contribution in [0.3, 0.4) is 0 Å². The van der Waals surface area contributed by atoms with E-state index in [-0.39, 0.29) is 41.7 Å². The summed E-state index contributed by atoms with van der Waals surface area (Å²) >= 11 is 0. The van der Waals surface area contributed by atoms with Crippen molar-refractivity contribution < 1.29 is 81.4 Å². The molecule has 13 fully saturated rings. The van der Waals surface area contributed by atoms with Crippen molar-refractivity contribution in [2.24, 2.45) is 80.8 Å². The summed E-state index contributed by atoms with van der Waals surface area (Å²) < 4.78 is 42.6. The fourth-order valence-corrected chi connectivity index (χ4v) is 16.0. The molecule has 3 unspecified atom stereocenters. The van der Waals surface area contributed by atoms with Gasteiger partial charge in [0, 0.05) is 12.8 Å². The molecule has 13 rings (SSSR count). The lowest BCUT2D eigenvalue weighted by atomic mass is 9.50. The van der Waals surface area contributed by atoms with E-state index >= 15 is 0 Å². The van der Waals surface area contributed by atoms with Crippen molar-refractivity contribution in [2.45, 2.75) is 260 Å². The highest BCUT2D eigenvalue weighted by atomic mass is 16.6. The molecule has 1 aliphatic heterocycles. The highest BCUT2D eigenvalue weighted by Gasteiger charge is 2.61. The SMILES string of the molecule is CCC(C)(C)C(=O)OC12CC3CC(CC(O)(C3)C1)C2.CCC(C)(C)C(=O)OC1CCOC1=O.CCC(C)(C)C(=O)OCC(=O)OC1(C)C2CC3CC(C2)CC1C3.CCC(C)(C)C(=O)OCC(=O)OCC(=O)OC1(C)C2CC3CC(C2)CC1C3. The molecule has 12 aliphatic carbocycles. The molecule has 0 amide bonds. The molecule has 3 atom stereocenters. The van der Waals surface area contributed by atoms with Gasteiger partial charge in [-0.3, -0.25) is 19.2 Å². The molecule has 1 heterocycles. The lowest BCUT2D eigenvalue weighted by Crippen LogP contribution is -2.61. The quantitative estimate of drug-likeness (QED) is 0.0993. The molecule has 17 heteroatoms. The van der Waals surface area contributed by atoms with E-state index in [1.54, 1.807) is 27.7 Å². The zero-order chi connectivity index (χ0) is 61.3. The van der Waals surface area contributed by atoms with Crippen molar-refractivity contribution >= 4 is 47.8 Å². The lowest BCUT2D eigenvalue weighted by Gasteiger charge is -2.59. The first kappa shape index (κ1) is 66.2. The Bertz CT molecular complexity index is 2310. The van der Waals surface area contributed by atoms with Crippen LogP contribution in [0.1, 0.15) is 232 Å². The number of rotatable bonds is 18. The number of esters is 8. The average molecular weight is 1170 g/mol. The number of ether oxygens (including phenoxy) is 8. The van der Waals surface area contributed by atoms with Gasteiger partial charge in [0.05, 0.1) is 33.9 Å². The van der Waals surface area contributed by atoms with E-state index in [4.69, 9.17) is 37.9 Å². The molecule has 12 bridgehead atoms. The van der Waals surface area contributed by atoms with Gasteiger partial charge in [0.1, 0.15) is 16.8 Å². The van der Waals surface area contributed by atoms with Gasteiger partial charge in [0.15, 0.2) is 19.8 Å². The Morgan fingerprint density at radius 3 is 1.18 bits per heavy atom. The second kappa shape index (κ2) is 25.6. The van der Waals surface area contributed by atoms with Gasteiger partial charge in [0.2, 0.25) is 6.10 Å². The van der Waals surface area contributed by atoms with Gasteiger partial charge in [-0.15, -0.1) is 0 Å². The Balaban J connectivity index is 0.000000163. The summed E-state index contributed by atoms with van der Waals surface area (Å²) in [7, 11) is 0. The highest BCUT2D eigenvalue weighted by Crippen LogP contribution is 2.62. The predicted molar refractivity (Wildman–Crippen MR) is 306 cm³/mol. The molecular formula is C66H104O17. The van der Waals surface area contributed by atoms with Crippen LogP contribution in [-0.2, 0) is 76.3 Å². The molecular weight excluding hydrogens is 1060 g/mol. The molecule has 470 valence electrons. The minimum atomic E-state index is -0.734. The summed E-state index contributed by atoms with van der Waals surface area (Å²) in [6, 6.07) is 0. The number of carbonyl (C=O) groups excluding carboxylic acids is 8. The zero-order valence-corrected chi connectivity index (χ0v) is 53.0. The Labute approximate surface area is 494 Å². The predicted octanol–water partition coefficient (Wildman–Crippen LogP) is 11.3. The molecule has 83 heavy (non-hydrogen) atoms. The molecule has 0 aromatic heterocycles. The van der Waals surface area contributed by atoms with E-state index < -0.39 is 76.1 Å². The first-order chi connectivity index (χ1) is 38.6. The van der Waals surface area contributed by atoms with Crippen molar-refractivity contribution in [3.05, 3.63) is 0 Å². The molecule has 1 saturated heterocycles. The third-order valence-electron chi connectivity index (χ3n) is 22.3. The van der Waals surface area contributed by atoms with E-state index in [1.165, 1.54) is 44.9 Å². The van der Waals surface area contributed by atoms with E-state index in [0.717, 1.165) is 81.5 Å². The Morgan fingerprint density at radius 1 is 0.470 bits per heavy atom. The smallest absolute Gasteiger partial charge is 0.347 e. The number of aliphatic hydroxyl groups is 1. The van der Waals surface area contributed by atoms with Crippen LogP contribution in [0.5, 0.6) is 0 Å². The maximum absolute atomic E-state index is 12.4. The molecule has 13 aliphatic rings. The van der Waals surface area contributed by atoms with Crippen molar-refractivity contribution in [3.8, 4) is 0 Å². The summed E-state index contributed by atoms with van der Waals surface area (Å²) in [5.41, 5.74) is -3.83. The highest BCUT2D eigenvalue weighted by molar-refractivity contribution is 5.83. The molecule has 1 N–H and O–H groups in total. The lowest BCUT2D eigenvalue weighted by molar-refractivity contribution is -0.225. The first-order valence-corrected chi connectivity index (χ1v) is 31.9. The molecule has 0 aromatic rings. The van der Waals surface area contributed by atoms with Crippen molar-refractivity contribution in [2.75, 3.05) is 26.4 Å². The third kappa shape index (κ3) is 15.5. The molecule has 0 radical (unpaired) electrons. The fraction of sp³-hybridized carbons (Fsp3) is 0.879. The van der Waals surface area contributed by atoms with E-state index in [0.29, 0.717) is 74.2 Å². The minimum Gasteiger partial charge on any atom is -0.463 e. The van der Waals surface area contributed by atoms with E-state index in [1.807, 2.05) is 55.4 Å². The summed E-state index contributed by atoms with van der Waals surface area (Å²) in [5, 5.41) is 10.6. The van der Waals surface area contributed by atoms with Gasteiger partial charge < -0.3 is 43.0 Å². The van der Waals surface area contributed by atoms with Gasteiger partial charge >= 0.3 is 47.8 Å². The number of cyclic esters (lactones) is 1. The second-order valence-corrected chi connectivity index (χ2v) is 30.3. The molecule has 0 spiro atoms. The third-order valence-corrected chi connectivity index (χ3v) is 22.3. The summed E-state index contributed by atoms with van der Waals surface area (Å²) in [5.74, 6) is 2.95. The van der Waals surface area contributed by atoms with Gasteiger partial charge in [-0.25, -0.2) is 19.2 Å². The summed E-state index contributed by atoms with van der Waals surface area (Å²) in [6.07, 6.45) is 20.3. The van der Waals surface area contributed by atoms with Crippen LogP contribution in [0.15, 0.2) is 0 Å². The molecule has 12 saturated carbocycles. The van der Waals surface area contributed by atoms with E-state index in [2.05, 4.69) is 13.8 Å². The normalized spacial score (nSPS) is 35.7. The van der Waals surface area contributed by atoms with Crippen molar-refractivity contribution in [1.29, 1.82) is 0 Å². The van der Waals surface area contributed by atoms with Crippen LogP contribution < -0.4 is 0 Å². The van der Waals surface area contributed by atoms with Crippen LogP contribution in [0, 0.1) is 80.8 Å². The molecule has 0 aromatic carbocycles. The monoisotopic (exact) mass is 1170 g/mol. The van der Waals surface area contributed by atoms with Crippen LogP contribution in [0.4, 0.5) is 0 Å². The standard InChI is InChI=1S/C21H32O6.C19H30O4.C16H26O3.C10H16O4/c1-5-20(2,3)19(24)26-11-17(22)25-12-18(23)27-21(4)15-7-13-6-14(9-15)10-16(21)8-13;1-5-18(2,3)17(21)22-11-16(20)23-19(4)14-7-12-6-13(9-14)10-15(19)8-12;1-4-14(2,3)13(17)19-16-8-11-5-12(9-16)7-15(18,6-11)10-16;1-4-10(2,3)9(12)14-7-5-6-13-8(7)11/h13-16H,5-12H2,1-4H3;12-15H,5-11H2,1-4H3;11-12,18H,4-10H2,1-3H3;7H,4-6H2,1-3H3. The summed E-state index contributed by atoms with van der Waals surface area (Å²) in [4.78, 5) is 95.1. The average Bonchev–Trinajstić information content (AvgIpc) is 1.42. The van der Waals surface area contributed by atoms with Gasteiger partial charge in [0.25, 0.3) is 0 Å². The van der Waals surface area contributed by atoms with Gasteiger partial charge in [-0.05, 0) is 250 Å². The fourth-order valence-electron chi connectivity index (χ4n) is 16.0. The van der Waals surface area contributed by atoms with Crippen LogP contribution in [-0.4, -0.2) is 108 Å². The second-order valence-electron chi connectivity index (χ2n) is 30.3. The topological polar surface area (TPSA) is 231 Å². The summed E-state index contributed by atoms with van der Waals surface area (Å²) in [6.45, 7) is 25.8. The van der Waals surface area contributed by atoms with Crippen molar-refractivity contribution in [1.82, 2.24) is 0 Å². The van der Waals surface area contributed by atoms with Gasteiger partial charge in [-0.1, -0.05) is 27.7 Å². The Morgan fingerprint density at radius 2 is 0.819 bits per heavy atom. The number of hydrogen-bond acceptors (Lipinski definition) is 17. The van der Waals surface area contributed by atoms with E-state index in [9.17, 15) is 43.5 Å².